The van der Waals surface area contributed by atoms with Crippen LogP contribution >= 0.6 is 0 Å². The number of alkyl carbamates (subject to hydrolysis) is 1. The molecule has 0 fully saturated rings. The van der Waals surface area contributed by atoms with Crippen LogP contribution in [0.15, 0.2) is 114 Å². The van der Waals surface area contributed by atoms with Crippen LogP contribution in [0.2, 0.25) is 12.6 Å². The van der Waals surface area contributed by atoms with Crippen LogP contribution in [0.3, 0.4) is 0 Å². The number of rotatable bonds is 11. The number of hydrogen-bond acceptors (Lipinski definition) is 8. The first-order chi connectivity index (χ1) is 31.1. The van der Waals surface area contributed by atoms with E-state index in [2.05, 4.69) is 98.1 Å². The summed E-state index contributed by atoms with van der Waals surface area (Å²) in [4.78, 5) is 30.7. The Hall–Kier alpha value is -6.73. The molecule has 0 saturated carbocycles. The van der Waals surface area contributed by atoms with E-state index in [1.165, 1.54) is 21.5 Å². The van der Waals surface area contributed by atoms with Crippen molar-refractivity contribution in [3.63, 3.8) is 0 Å². The highest BCUT2D eigenvalue weighted by Gasteiger charge is 2.44. The SMILES string of the molecule is COc1cccc(OC)c1C1=C2C=CC(=[N+](C)C)C=C2[Si](C)(CCCn2nnc3c2-c2ccccc2N(C(=O)CCNC(=O)OC(C)(C)C)Cc2ccccc2-3)c2cc(N(C)C)ccc21. The molecule has 65 heavy (non-hydrogen) atoms. The third-order valence-corrected chi connectivity index (χ3v) is 17.1. The number of aryl methyl sites for hydroxylation is 1. The fourth-order valence-corrected chi connectivity index (χ4v) is 13.6. The Morgan fingerprint density at radius 3 is 2.29 bits per heavy atom. The molecule has 1 aliphatic carbocycles. The van der Waals surface area contributed by atoms with E-state index in [-0.39, 0.29) is 18.9 Å². The third kappa shape index (κ3) is 8.64. The predicted octanol–water partition coefficient (Wildman–Crippen LogP) is 8.40. The maximum absolute atomic E-state index is 14.2. The van der Waals surface area contributed by atoms with E-state index >= 15 is 0 Å². The van der Waals surface area contributed by atoms with Crippen molar-refractivity contribution in [2.45, 2.75) is 64.9 Å². The van der Waals surface area contributed by atoms with Gasteiger partial charge >= 0.3 is 6.09 Å². The van der Waals surface area contributed by atoms with E-state index in [1.807, 2.05) is 85.0 Å². The molecule has 0 radical (unpaired) electrons. The molecule has 3 heterocycles. The highest BCUT2D eigenvalue weighted by Crippen LogP contribution is 2.48. The van der Waals surface area contributed by atoms with Crippen LogP contribution in [-0.4, -0.2) is 99.9 Å². The normalized spacial score (nSPS) is 16.2. The van der Waals surface area contributed by atoms with Crippen LogP contribution in [0.25, 0.3) is 28.1 Å². The molecule has 1 aromatic heterocycles. The highest BCUT2D eigenvalue weighted by molar-refractivity contribution is 6.99. The molecule has 336 valence electrons. The van der Waals surface area contributed by atoms with Crippen LogP contribution in [0, 0.1) is 0 Å². The minimum atomic E-state index is -2.55. The maximum atomic E-state index is 14.2. The number of carbonyl (C=O) groups is 2. The highest BCUT2D eigenvalue weighted by atomic mass is 28.3. The zero-order chi connectivity index (χ0) is 46.2. The van der Waals surface area contributed by atoms with Gasteiger partial charge in [0.15, 0.2) is 5.71 Å². The van der Waals surface area contributed by atoms with Crippen molar-refractivity contribution in [2.24, 2.45) is 0 Å². The molecule has 2 aliphatic heterocycles. The van der Waals surface area contributed by atoms with Gasteiger partial charge in [-0.25, -0.2) is 14.1 Å². The molecular weight excluding hydrogens is 831 g/mol. The second-order valence-corrected chi connectivity index (χ2v) is 22.7. The van der Waals surface area contributed by atoms with Gasteiger partial charge in [0.25, 0.3) is 0 Å². The number of hydrogen-bond donors (Lipinski definition) is 1. The second kappa shape index (κ2) is 18.0. The molecule has 1 N–H and O–H groups in total. The Labute approximate surface area is 383 Å². The third-order valence-electron chi connectivity index (χ3n) is 12.6. The molecule has 13 heteroatoms. The summed E-state index contributed by atoms with van der Waals surface area (Å²) in [5.41, 5.74) is 11.3. The second-order valence-electron chi connectivity index (χ2n) is 18.4. The first-order valence-corrected chi connectivity index (χ1v) is 25.0. The molecule has 0 spiro atoms. The van der Waals surface area contributed by atoms with E-state index in [0.717, 1.165) is 80.3 Å². The fourth-order valence-electron chi connectivity index (χ4n) is 9.39. The Morgan fingerprint density at radius 2 is 1.60 bits per heavy atom. The van der Waals surface area contributed by atoms with Crippen molar-refractivity contribution in [3.8, 4) is 34.0 Å². The van der Waals surface area contributed by atoms with E-state index < -0.39 is 19.8 Å². The average Bonchev–Trinajstić information content (AvgIpc) is 3.69. The number of fused-ring (bicyclic) bond motifs is 7. The number of anilines is 2. The largest absolute Gasteiger partial charge is 0.496 e. The maximum Gasteiger partial charge on any atom is 0.407 e. The summed E-state index contributed by atoms with van der Waals surface area (Å²) in [7, 11) is 9.28. The smallest absolute Gasteiger partial charge is 0.407 e. The monoisotopic (exact) mass is 890 g/mol. The topological polar surface area (TPSA) is 114 Å². The van der Waals surface area contributed by atoms with E-state index in [0.29, 0.717) is 13.1 Å². The fraction of sp³-hybridized carbons (Fsp3) is 0.327. The number of allylic oxidation sites excluding steroid dienone is 5. The van der Waals surface area contributed by atoms with Gasteiger partial charge in [0.2, 0.25) is 5.91 Å². The molecule has 0 saturated heterocycles. The van der Waals surface area contributed by atoms with Gasteiger partial charge in [0.05, 0.1) is 37.7 Å². The number of benzene rings is 4. The summed E-state index contributed by atoms with van der Waals surface area (Å²) in [5.74, 6) is 1.41. The summed E-state index contributed by atoms with van der Waals surface area (Å²) in [6.45, 7) is 9.05. The lowest BCUT2D eigenvalue weighted by molar-refractivity contribution is -0.462. The molecule has 5 aromatic rings. The Kier molecular flexibility index (Phi) is 12.4. The standard InChI is InChI=1S/C52H59N7O5Si/c1-52(2,3)64-51(61)53-28-27-46(60)58-33-34-17-11-12-18-37(34)49-50(38-19-13-14-20-41(38)58)59(55-54-49)29-16-30-65(10)44-31-35(56(4)5)23-25-39(44)47(40-26-24-36(57(6)7)32-45(40)65)48-42(62-8)21-15-22-43(48)63-9/h11-15,17-26,31-32H,16,27-30,33H2,1-10H3/p+1. The summed E-state index contributed by atoms with van der Waals surface area (Å²) in [6, 6.07) is 29.9. The lowest BCUT2D eigenvalue weighted by atomic mass is 9.88. The number of methoxy groups -OCH3 is 2. The summed E-state index contributed by atoms with van der Waals surface area (Å²) in [6.07, 6.45) is 7.28. The molecular formula is C52H60N7O5Si+. The lowest BCUT2D eigenvalue weighted by Crippen LogP contribution is -2.52. The van der Waals surface area contributed by atoms with Gasteiger partial charge in [0.1, 0.15) is 45.0 Å². The van der Waals surface area contributed by atoms with Crippen LogP contribution in [-0.2, 0) is 22.6 Å². The number of nitrogens with zero attached hydrogens (tertiary/aromatic N) is 6. The van der Waals surface area contributed by atoms with Gasteiger partial charge < -0.3 is 29.3 Å². The number of para-hydroxylation sites is 1. The number of aromatic nitrogens is 3. The first kappa shape index (κ1) is 44.9. The Morgan fingerprint density at radius 1 is 0.892 bits per heavy atom. The van der Waals surface area contributed by atoms with Gasteiger partial charge in [-0.05, 0) is 96.7 Å². The van der Waals surface area contributed by atoms with Crippen LogP contribution < -0.4 is 29.8 Å². The lowest BCUT2D eigenvalue weighted by Gasteiger charge is -2.41. The van der Waals surface area contributed by atoms with E-state index in [1.54, 1.807) is 14.2 Å². The molecule has 2 amide bonds. The number of ether oxygens (including phenoxy) is 3. The van der Waals surface area contributed by atoms with Crippen molar-refractivity contribution in [1.29, 1.82) is 0 Å². The number of amides is 2. The van der Waals surface area contributed by atoms with Gasteiger partial charge in [-0.2, -0.15) is 0 Å². The van der Waals surface area contributed by atoms with Gasteiger partial charge in [-0.3, -0.25) is 4.79 Å². The molecule has 8 rings (SSSR count). The molecule has 0 bridgehead atoms. The Balaban J connectivity index is 1.19. The van der Waals surface area contributed by atoms with Crippen molar-refractivity contribution in [3.05, 3.63) is 131 Å². The van der Waals surface area contributed by atoms with E-state index in [9.17, 15) is 9.59 Å². The number of carbonyl (C=O) groups excluding carboxylic acids is 2. The first-order valence-electron chi connectivity index (χ1n) is 22.2. The predicted molar refractivity (Wildman–Crippen MR) is 262 cm³/mol. The van der Waals surface area contributed by atoms with Gasteiger partial charge in [0, 0.05) is 68.1 Å². The summed E-state index contributed by atoms with van der Waals surface area (Å²) in [5, 5.41) is 15.2. The Bertz CT molecular complexity index is 2790. The van der Waals surface area contributed by atoms with Crippen molar-refractivity contribution < 1.29 is 28.4 Å². The zero-order valence-electron chi connectivity index (χ0n) is 39.3. The molecule has 12 nitrogen and oxygen atoms in total. The summed E-state index contributed by atoms with van der Waals surface area (Å²) < 4.78 is 21.8. The van der Waals surface area contributed by atoms with Crippen molar-refractivity contribution >= 4 is 47.9 Å². The van der Waals surface area contributed by atoms with Crippen molar-refractivity contribution in [1.82, 2.24) is 20.3 Å². The van der Waals surface area contributed by atoms with Crippen LogP contribution in [0.4, 0.5) is 16.2 Å². The van der Waals surface area contributed by atoms with E-state index in [4.69, 9.17) is 24.5 Å². The van der Waals surface area contributed by atoms with Crippen molar-refractivity contribution in [2.75, 3.05) is 58.8 Å². The average molecular weight is 891 g/mol. The van der Waals surface area contributed by atoms with Crippen LogP contribution in [0.1, 0.15) is 50.3 Å². The molecule has 1 unspecified atom stereocenters. The van der Waals surface area contributed by atoms with Gasteiger partial charge in [-0.1, -0.05) is 66.4 Å². The van der Waals surface area contributed by atoms with Crippen LogP contribution in [0.5, 0.6) is 11.5 Å². The molecule has 3 aliphatic rings. The zero-order valence-corrected chi connectivity index (χ0v) is 40.3. The summed E-state index contributed by atoms with van der Waals surface area (Å²) >= 11 is 0. The molecule has 1 atom stereocenters. The van der Waals surface area contributed by atoms with Gasteiger partial charge in [-0.15, -0.1) is 5.10 Å². The molecule has 4 aromatic carbocycles. The number of nitrogens with one attached hydrogen (secondary N) is 1. The quantitative estimate of drug-likeness (QED) is 0.104. The minimum absolute atomic E-state index is 0.0975. The minimum Gasteiger partial charge on any atom is -0.496 e.